The van der Waals surface area contributed by atoms with Gasteiger partial charge in [-0.25, -0.2) is 8.78 Å². The van der Waals surface area contributed by atoms with Crippen molar-refractivity contribution in [3.63, 3.8) is 0 Å². The normalized spacial score (nSPS) is 19.5. The summed E-state index contributed by atoms with van der Waals surface area (Å²) >= 11 is 0. The van der Waals surface area contributed by atoms with E-state index in [1.165, 1.54) is 6.07 Å². The Bertz CT molecular complexity index is 379. The standard InChI is InChI=1S/C12H15F2NO/c1-16-12(7-2-3-7)11(15)8-4-5-9(13)10(14)6-8/h4-7,11-12H,2-3,15H2,1H3. The molecule has 1 saturated carbocycles. The second-order valence-corrected chi connectivity index (χ2v) is 4.24. The lowest BCUT2D eigenvalue weighted by Gasteiger charge is -2.22. The van der Waals surface area contributed by atoms with Crippen molar-refractivity contribution in [2.45, 2.75) is 25.0 Å². The van der Waals surface area contributed by atoms with Crippen LogP contribution in [0.4, 0.5) is 8.78 Å². The Morgan fingerprint density at radius 3 is 2.50 bits per heavy atom. The van der Waals surface area contributed by atoms with Crippen molar-refractivity contribution in [3.05, 3.63) is 35.4 Å². The fourth-order valence-electron chi connectivity index (χ4n) is 1.97. The summed E-state index contributed by atoms with van der Waals surface area (Å²) in [6.07, 6.45) is 2.08. The van der Waals surface area contributed by atoms with Crippen LogP contribution in [-0.2, 0) is 4.74 Å². The molecule has 0 radical (unpaired) electrons. The van der Waals surface area contributed by atoms with Gasteiger partial charge in [-0.05, 0) is 36.5 Å². The quantitative estimate of drug-likeness (QED) is 0.857. The van der Waals surface area contributed by atoms with Gasteiger partial charge in [0.25, 0.3) is 0 Å². The molecule has 1 aliphatic carbocycles. The van der Waals surface area contributed by atoms with Crippen LogP contribution in [-0.4, -0.2) is 13.2 Å². The van der Waals surface area contributed by atoms with Crippen LogP contribution in [0, 0.1) is 17.6 Å². The molecule has 1 aliphatic rings. The number of hydrogen-bond donors (Lipinski definition) is 1. The molecule has 1 aromatic rings. The van der Waals surface area contributed by atoms with E-state index in [9.17, 15) is 8.78 Å². The molecule has 0 bridgehead atoms. The molecule has 2 atom stereocenters. The third-order valence-electron chi connectivity index (χ3n) is 3.04. The van der Waals surface area contributed by atoms with Crippen LogP contribution in [0.2, 0.25) is 0 Å². The minimum atomic E-state index is -0.862. The minimum Gasteiger partial charge on any atom is -0.379 e. The first-order valence-electron chi connectivity index (χ1n) is 5.37. The Morgan fingerprint density at radius 1 is 1.31 bits per heavy atom. The number of methoxy groups -OCH3 is 1. The lowest BCUT2D eigenvalue weighted by molar-refractivity contribution is 0.0623. The van der Waals surface area contributed by atoms with E-state index in [0.717, 1.165) is 25.0 Å². The van der Waals surface area contributed by atoms with Crippen molar-refractivity contribution >= 4 is 0 Å². The summed E-state index contributed by atoms with van der Waals surface area (Å²) in [5, 5.41) is 0. The molecule has 16 heavy (non-hydrogen) atoms. The number of ether oxygens (including phenoxy) is 1. The largest absolute Gasteiger partial charge is 0.379 e. The van der Waals surface area contributed by atoms with Gasteiger partial charge in [-0.1, -0.05) is 6.07 Å². The van der Waals surface area contributed by atoms with Crippen LogP contribution in [0.1, 0.15) is 24.4 Å². The molecule has 1 fully saturated rings. The predicted molar refractivity (Wildman–Crippen MR) is 56.8 cm³/mol. The van der Waals surface area contributed by atoms with E-state index in [-0.39, 0.29) is 6.10 Å². The van der Waals surface area contributed by atoms with Crippen molar-refractivity contribution in [1.82, 2.24) is 0 Å². The molecule has 0 spiro atoms. The second-order valence-electron chi connectivity index (χ2n) is 4.24. The van der Waals surface area contributed by atoms with E-state index in [1.54, 1.807) is 7.11 Å². The summed E-state index contributed by atoms with van der Waals surface area (Å²) in [4.78, 5) is 0. The smallest absolute Gasteiger partial charge is 0.159 e. The molecule has 0 heterocycles. The topological polar surface area (TPSA) is 35.2 Å². The number of rotatable bonds is 4. The average molecular weight is 227 g/mol. The van der Waals surface area contributed by atoms with Gasteiger partial charge in [0.05, 0.1) is 12.1 Å². The minimum absolute atomic E-state index is 0.107. The van der Waals surface area contributed by atoms with Crippen molar-refractivity contribution in [3.8, 4) is 0 Å². The van der Waals surface area contributed by atoms with Crippen LogP contribution >= 0.6 is 0 Å². The van der Waals surface area contributed by atoms with Gasteiger partial charge < -0.3 is 10.5 Å². The number of halogens is 2. The zero-order valence-electron chi connectivity index (χ0n) is 9.12. The maximum absolute atomic E-state index is 13.1. The van der Waals surface area contributed by atoms with Gasteiger partial charge in [0.1, 0.15) is 0 Å². The fraction of sp³-hybridized carbons (Fsp3) is 0.500. The molecule has 2 rings (SSSR count). The van der Waals surface area contributed by atoms with Crippen molar-refractivity contribution in [1.29, 1.82) is 0 Å². The van der Waals surface area contributed by atoms with Gasteiger partial charge in [0, 0.05) is 7.11 Å². The van der Waals surface area contributed by atoms with E-state index in [0.29, 0.717) is 11.5 Å². The van der Waals surface area contributed by atoms with Crippen LogP contribution < -0.4 is 5.73 Å². The number of hydrogen-bond acceptors (Lipinski definition) is 2. The van der Waals surface area contributed by atoms with E-state index < -0.39 is 17.7 Å². The van der Waals surface area contributed by atoms with Gasteiger partial charge in [0.2, 0.25) is 0 Å². The molecule has 4 heteroatoms. The Labute approximate surface area is 93.4 Å². The second kappa shape index (κ2) is 4.47. The van der Waals surface area contributed by atoms with E-state index in [2.05, 4.69) is 0 Å². The van der Waals surface area contributed by atoms with E-state index in [4.69, 9.17) is 10.5 Å². The molecule has 0 amide bonds. The third-order valence-corrected chi connectivity index (χ3v) is 3.04. The van der Waals surface area contributed by atoms with Gasteiger partial charge >= 0.3 is 0 Å². The lowest BCUT2D eigenvalue weighted by atomic mass is 9.99. The predicted octanol–water partition coefficient (Wildman–Crippen LogP) is 2.39. The molecule has 2 nitrogen and oxygen atoms in total. The van der Waals surface area contributed by atoms with Crippen molar-refractivity contribution in [2.75, 3.05) is 7.11 Å². The Morgan fingerprint density at radius 2 is 2.00 bits per heavy atom. The molecule has 88 valence electrons. The summed E-state index contributed by atoms with van der Waals surface area (Å²) < 4.78 is 31.1. The Kier molecular flexibility index (Phi) is 3.21. The highest BCUT2D eigenvalue weighted by Gasteiger charge is 2.36. The van der Waals surface area contributed by atoms with Gasteiger partial charge in [-0.2, -0.15) is 0 Å². The van der Waals surface area contributed by atoms with Crippen LogP contribution in [0.15, 0.2) is 18.2 Å². The molecule has 2 unspecified atom stereocenters. The summed E-state index contributed by atoms with van der Waals surface area (Å²) in [6, 6.07) is 3.36. The highest BCUT2D eigenvalue weighted by molar-refractivity contribution is 5.22. The van der Waals surface area contributed by atoms with E-state index in [1.807, 2.05) is 0 Å². The van der Waals surface area contributed by atoms with Gasteiger partial charge in [-0.15, -0.1) is 0 Å². The highest BCUT2D eigenvalue weighted by atomic mass is 19.2. The van der Waals surface area contributed by atoms with Crippen LogP contribution in [0.5, 0.6) is 0 Å². The first-order chi connectivity index (χ1) is 7.63. The maximum Gasteiger partial charge on any atom is 0.159 e. The maximum atomic E-state index is 13.1. The summed E-state index contributed by atoms with van der Waals surface area (Å²) in [7, 11) is 1.60. The first-order valence-corrected chi connectivity index (χ1v) is 5.37. The Hall–Kier alpha value is -1.00. The Balaban J connectivity index is 2.18. The first kappa shape index (κ1) is 11.5. The molecule has 2 N–H and O–H groups in total. The number of nitrogens with two attached hydrogens (primary N) is 1. The van der Waals surface area contributed by atoms with Gasteiger partial charge in [0.15, 0.2) is 11.6 Å². The zero-order valence-corrected chi connectivity index (χ0v) is 9.12. The molecule has 0 saturated heterocycles. The van der Waals surface area contributed by atoms with E-state index >= 15 is 0 Å². The molecule has 0 aliphatic heterocycles. The molecule has 1 aromatic carbocycles. The third kappa shape index (κ3) is 2.23. The average Bonchev–Trinajstić information content (AvgIpc) is 3.07. The molecular formula is C12H15F2NO. The zero-order chi connectivity index (χ0) is 11.7. The molecule has 0 aromatic heterocycles. The van der Waals surface area contributed by atoms with Gasteiger partial charge in [-0.3, -0.25) is 0 Å². The van der Waals surface area contributed by atoms with Crippen molar-refractivity contribution < 1.29 is 13.5 Å². The summed E-state index contributed by atoms with van der Waals surface area (Å²) in [6.45, 7) is 0. The fourth-order valence-corrected chi connectivity index (χ4v) is 1.97. The highest BCUT2D eigenvalue weighted by Crippen LogP contribution is 2.38. The van der Waals surface area contributed by atoms with Crippen molar-refractivity contribution in [2.24, 2.45) is 11.7 Å². The van der Waals surface area contributed by atoms with Crippen LogP contribution in [0.3, 0.4) is 0 Å². The summed E-state index contributed by atoms with van der Waals surface area (Å²) in [5.74, 6) is -1.26. The summed E-state index contributed by atoms with van der Waals surface area (Å²) in [5.41, 5.74) is 6.58. The molecular weight excluding hydrogens is 212 g/mol. The number of benzene rings is 1. The van der Waals surface area contributed by atoms with Crippen LogP contribution in [0.25, 0.3) is 0 Å². The lowest BCUT2D eigenvalue weighted by Crippen LogP contribution is -2.30. The monoisotopic (exact) mass is 227 g/mol. The SMILES string of the molecule is COC(C1CC1)C(N)c1ccc(F)c(F)c1.